The van der Waals surface area contributed by atoms with Crippen molar-refractivity contribution in [3.05, 3.63) is 63.5 Å². The first-order chi connectivity index (χ1) is 14.5. The zero-order valence-electron chi connectivity index (χ0n) is 22.0. The first-order valence-electron chi connectivity index (χ1n) is 12.3. The minimum Gasteiger partial charge on any atom is -0.633 e. The molecule has 0 atom stereocenters. The molecule has 31 heavy (non-hydrogen) atoms. The van der Waals surface area contributed by atoms with Gasteiger partial charge in [-0.1, -0.05) is 58.2 Å². The lowest BCUT2D eigenvalue weighted by Gasteiger charge is -2.33. The normalized spacial score (nSPS) is 14.2. The minimum absolute atomic E-state index is 0.185. The molecule has 0 aliphatic heterocycles. The maximum Gasteiger partial charge on any atom is 0.0782 e. The van der Waals surface area contributed by atoms with E-state index in [4.69, 9.17) is 0 Å². The zero-order valence-corrected chi connectivity index (χ0v) is 22.0. The van der Waals surface area contributed by atoms with Crippen molar-refractivity contribution >= 4 is 0 Å². The van der Waals surface area contributed by atoms with Gasteiger partial charge in [-0.25, -0.2) is 0 Å². The van der Waals surface area contributed by atoms with Gasteiger partial charge in [0.25, 0.3) is 0 Å². The second-order valence-corrected chi connectivity index (χ2v) is 10.1. The van der Waals surface area contributed by atoms with Gasteiger partial charge in [-0.15, -0.1) is 0 Å². The number of unbranched alkanes of at least 4 members (excludes halogenated alkanes) is 1. The van der Waals surface area contributed by atoms with Crippen molar-refractivity contribution in [2.24, 2.45) is 0 Å². The lowest BCUT2D eigenvalue weighted by atomic mass is 10.0. The van der Waals surface area contributed by atoms with Crippen LogP contribution < -0.4 is 0 Å². The van der Waals surface area contributed by atoms with E-state index in [-0.39, 0.29) is 4.65 Å². The molecule has 0 bridgehead atoms. The number of nitrogens with zero attached hydrogens (tertiary/aromatic N) is 1. The first-order valence-corrected chi connectivity index (χ1v) is 12.3. The molecule has 2 nitrogen and oxygen atoms in total. The van der Waals surface area contributed by atoms with Gasteiger partial charge in [0.15, 0.2) is 0 Å². The molecule has 2 heteroatoms. The predicted octanol–water partition coefficient (Wildman–Crippen LogP) is 9.21. The molecule has 0 aliphatic rings. The van der Waals surface area contributed by atoms with Gasteiger partial charge in [0, 0.05) is 6.42 Å². The summed E-state index contributed by atoms with van der Waals surface area (Å²) < 4.78 is -0.185. The van der Waals surface area contributed by atoms with E-state index >= 15 is 0 Å². The van der Waals surface area contributed by atoms with Crippen LogP contribution in [0.3, 0.4) is 0 Å². The van der Waals surface area contributed by atoms with E-state index in [2.05, 4.69) is 71.9 Å². The summed E-state index contributed by atoms with van der Waals surface area (Å²) in [4.78, 5) is 0. The topological polar surface area (TPSA) is 23.1 Å². The number of rotatable bonds is 16. The fraction of sp³-hybridized carbons (Fsp3) is 0.655. The Morgan fingerprint density at radius 3 is 1.29 bits per heavy atom. The van der Waals surface area contributed by atoms with Crippen molar-refractivity contribution in [1.29, 1.82) is 0 Å². The summed E-state index contributed by atoms with van der Waals surface area (Å²) in [6.07, 6.45) is 23.1. The molecule has 0 saturated carbocycles. The van der Waals surface area contributed by atoms with Crippen LogP contribution in [0.4, 0.5) is 0 Å². The maximum absolute atomic E-state index is 11.6. The highest BCUT2D eigenvalue weighted by Crippen LogP contribution is 2.14. The Balaban J connectivity index is 4.04. The molecule has 0 spiro atoms. The highest BCUT2D eigenvalue weighted by Gasteiger charge is 2.01. The van der Waals surface area contributed by atoms with Gasteiger partial charge >= 0.3 is 0 Å². The van der Waals surface area contributed by atoms with Crippen molar-refractivity contribution in [1.82, 2.24) is 0 Å². The molecule has 0 aromatic carbocycles. The quantitative estimate of drug-likeness (QED) is 0.104. The highest BCUT2D eigenvalue weighted by atomic mass is 16.5. The average Bonchev–Trinajstić information content (AvgIpc) is 2.64. The average molecular weight is 430 g/mol. The number of allylic oxidation sites excluding steroid dienone is 10. The lowest BCUT2D eigenvalue weighted by molar-refractivity contribution is -0.840. The van der Waals surface area contributed by atoms with Gasteiger partial charge in [-0.3, -0.25) is 0 Å². The van der Waals surface area contributed by atoms with Crippen molar-refractivity contribution in [2.75, 3.05) is 20.6 Å². The molecule has 0 saturated heterocycles. The number of hydrogen-bond acceptors (Lipinski definition) is 1. The van der Waals surface area contributed by atoms with Gasteiger partial charge in [0.05, 0.1) is 20.6 Å². The fourth-order valence-corrected chi connectivity index (χ4v) is 3.49. The van der Waals surface area contributed by atoms with E-state index in [1.54, 1.807) is 14.1 Å². The molecule has 0 fully saturated rings. The predicted molar refractivity (Wildman–Crippen MR) is 141 cm³/mol. The molecular weight excluding hydrogens is 378 g/mol. The van der Waals surface area contributed by atoms with Crippen LogP contribution >= 0.6 is 0 Å². The molecule has 0 amide bonds. The highest BCUT2D eigenvalue weighted by molar-refractivity contribution is 5.07. The molecule has 0 aromatic heterocycles. The fourth-order valence-electron chi connectivity index (χ4n) is 3.49. The summed E-state index contributed by atoms with van der Waals surface area (Å²) in [7, 11) is 3.44. The molecule has 0 heterocycles. The monoisotopic (exact) mass is 429 g/mol. The Kier molecular flexibility index (Phi) is 16.4. The van der Waals surface area contributed by atoms with Crippen LogP contribution in [0.25, 0.3) is 0 Å². The van der Waals surface area contributed by atoms with E-state index in [1.807, 2.05) is 0 Å². The Morgan fingerprint density at radius 2 is 0.903 bits per heavy atom. The summed E-state index contributed by atoms with van der Waals surface area (Å²) in [5.74, 6) is 0. The summed E-state index contributed by atoms with van der Waals surface area (Å²) >= 11 is 0. The summed E-state index contributed by atoms with van der Waals surface area (Å²) in [5, 5.41) is 11.6. The zero-order chi connectivity index (χ0) is 23.7. The minimum atomic E-state index is -0.185. The van der Waals surface area contributed by atoms with E-state index < -0.39 is 0 Å². The number of hydroxylamine groups is 3. The Labute approximate surface area is 194 Å². The van der Waals surface area contributed by atoms with Gasteiger partial charge in [0.1, 0.15) is 0 Å². The largest absolute Gasteiger partial charge is 0.633 e. The van der Waals surface area contributed by atoms with Crippen LogP contribution in [0.2, 0.25) is 0 Å². The smallest absolute Gasteiger partial charge is 0.0782 e. The maximum atomic E-state index is 11.6. The van der Waals surface area contributed by atoms with Crippen LogP contribution in [-0.2, 0) is 0 Å². The third-order valence-corrected chi connectivity index (χ3v) is 5.57. The molecule has 178 valence electrons. The van der Waals surface area contributed by atoms with Crippen LogP contribution in [0.5, 0.6) is 0 Å². The van der Waals surface area contributed by atoms with E-state index in [1.165, 1.54) is 47.1 Å². The molecular formula is C29H51NO. The molecule has 0 N–H and O–H groups in total. The van der Waals surface area contributed by atoms with Gasteiger partial charge in [0.2, 0.25) is 0 Å². The van der Waals surface area contributed by atoms with Crippen molar-refractivity contribution in [3.63, 3.8) is 0 Å². The van der Waals surface area contributed by atoms with Gasteiger partial charge in [-0.05, 0) is 99.3 Å². The van der Waals surface area contributed by atoms with Crippen molar-refractivity contribution in [3.8, 4) is 0 Å². The first kappa shape index (κ1) is 29.6. The number of hydrogen-bond donors (Lipinski definition) is 0. The summed E-state index contributed by atoms with van der Waals surface area (Å²) in [6, 6.07) is 0. The lowest BCUT2D eigenvalue weighted by Crippen LogP contribution is -2.33. The Morgan fingerprint density at radius 1 is 0.548 bits per heavy atom. The summed E-state index contributed by atoms with van der Waals surface area (Å²) in [6.45, 7) is 14.0. The van der Waals surface area contributed by atoms with E-state index in [0.29, 0.717) is 6.54 Å². The van der Waals surface area contributed by atoms with Crippen LogP contribution in [0.1, 0.15) is 106 Å². The number of quaternary nitrogens is 1. The van der Waals surface area contributed by atoms with Crippen molar-refractivity contribution in [2.45, 2.75) is 106 Å². The van der Waals surface area contributed by atoms with Crippen LogP contribution in [-0.4, -0.2) is 25.3 Å². The Hall–Kier alpha value is -1.38. The standard InChI is InChI=1S/C29H51NO/c1-25(2)15-11-18-28(5)21-12-19-26(3)16-9-10-17-27(4)20-13-22-29(6)23-14-24-30(7,8)31/h15-17,21-22H,9-14,18-20,23-24H2,1-8H3. The molecule has 0 radical (unpaired) electrons. The van der Waals surface area contributed by atoms with E-state index in [0.717, 1.165) is 44.9 Å². The van der Waals surface area contributed by atoms with Gasteiger partial charge in [-0.2, -0.15) is 0 Å². The van der Waals surface area contributed by atoms with Crippen molar-refractivity contribution < 1.29 is 4.65 Å². The molecule has 0 unspecified atom stereocenters. The molecule has 0 aromatic rings. The van der Waals surface area contributed by atoms with E-state index in [9.17, 15) is 5.21 Å². The van der Waals surface area contributed by atoms with Gasteiger partial charge < -0.3 is 9.85 Å². The van der Waals surface area contributed by atoms with Crippen LogP contribution in [0.15, 0.2) is 58.2 Å². The molecule has 0 aliphatic carbocycles. The Bertz CT molecular complexity index is 634. The second-order valence-electron chi connectivity index (χ2n) is 10.1. The summed E-state index contributed by atoms with van der Waals surface area (Å²) in [5.41, 5.74) is 7.35. The SMILES string of the molecule is CC(C)=CCCC(C)=CCCC(C)=CCCC=C(C)CCC=C(C)CCC[N+](C)(C)[O-]. The third kappa shape index (κ3) is 21.6. The second kappa shape index (κ2) is 17.2. The van der Waals surface area contributed by atoms with Crippen LogP contribution in [0, 0.1) is 5.21 Å². The third-order valence-electron chi connectivity index (χ3n) is 5.57. The molecule has 0 rings (SSSR count).